The van der Waals surface area contributed by atoms with E-state index in [0.29, 0.717) is 11.0 Å². The molecule has 1 amide bonds. The lowest BCUT2D eigenvalue weighted by atomic mass is 10.3. The molecule has 5 nitrogen and oxygen atoms in total. The van der Waals surface area contributed by atoms with Crippen molar-refractivity contribution >= 4 is 34.2 Å². The molecule has 0 aliphatic rings. The first-order valence-electron chi connectivity index (χ1n) is 6.74. The van der Waals surface area contributed by atoms with Crippen molar-refractivity contribution in [3.8, 4) is 0 Å². The summed E-state index contributed by atoms with van der Waals surface area (Å²) in [4.78, 5) is 28.1. The van der Waals surface area contributed by atoms with E-state index in [1.807, 2.05) is 0 Å². The van der Waals surface area contributed by atoms with Crippen LogP contribution in [-0.2, 0) is 11.3 Å². The summed E-state index contributed by atoms with van der Waals surface area (Å²) in [5, 5.41) is 2.50. The minimum Gasteiger partial charge on any atom is -0.324 e. The van der Waals surface area contributed by atoms with Gasteiger partial charge >= 0.3 is 0 Å². The van der Waals surface area contributed by atoms with Crippen molar-refractivity contribution in [2.45, 2.75) is 6.54 Å². The van der Waals surface area contributed by atoms with Crippen LogP contribution in [0, 0.1) is 5.82 Å². The molecule has 0 atom stereocenters. The van der Waals surface area contributed by atoms with Crippen LogP contribution >= 0.6 is 11.6 Å². The van der Waals surface area contributed by atoms with E-state index in [-0.39, 0.29) is 22.8 Å². The predicted octanol–water partition coefficient (Wildman–Crippen LogP) is 2.83. The fraction of sp³-hybridized carbons (Fsp3) is 0.0625. The maximum absolute atomic E-state index is 13.4. The third-order valence-electron chi connectivity index (χ3n) is 3.26. The number of rotatable bonds is 3. The van der Waals surface area contributed by atoms with Gasteiger partial charge in [-0.2, -0.15) is 0 Å². The number of aromatic nitrogens is 2. The lowest BCUT2D eigenvalue weighted by Crippen LogP contribution is -2.28. The molecule has 3 rings (SSSR count). The van der Waals surface area contributed by atoms with Crippen LogP contribution < -0.4 is 10.9 Å². The Balaban J connectivity index is 1.87. The lowest BCUT2D eigenvalue weighted by Gasteiger charge is -2.10. The van der Waals surface area contributed by atoms with Crippen LogP contribution in [0.1, 0.15) is 0 Å². The van der Waals surface area contributed by atoms with Gasteiger partial charge in [-0.1, -0.05) is 23.7 Å². The van der Waals surface area contributed by atoms with E-state index in [1.165, 1.54) is 16.7 Å². The molecule has 0 fully saturated rings. The zero-order valence-corrected chi connectivity index (χ0v) is 12.5. The SMILES string of the molecule is O=C(Cn1c(=O)cnc2ccccc21)Nc1ccc(Cl)c(F)c1. The summed E-state index contributed by atoms with van der Waals surface area (Å²) < 4.78 is 14.7. The number of fused-ring (bicyclic) bond motifs is 1. The van der Waals surface area contributed by atoms with Gasteiger partial charge in [-0.05, 0) is 30.3 Å². The molecule has 0 unspecified atom stereocenters. The Morgan fingerprint density at radius 2 is 2.04 bits per heavy atom. The molecule has 1 aromatic heterocycles. The monoisotopic (exact) mass is 331 g/mol. The molecule has 0 spiro atoms. The number of halogens is 2. The number of para-hydroxylation sites is 2. The number of anilines is 1. The minimum atomic E-state index is -0.629. The Morgan fingerprint density at radius 1 is 1.26 bits per heavy atom. The predicted molar refractivity (Wildman–Crippen MR) is 86.0 cm³/mol. The van der Waals surface area contributed by atoms with Gasteiger partial charge in [-0.15, -0.1) is 0 Å². The molecule has 0 aliphatic heterocycles. The van der Waals surface area contributed by atoms with Crippen molar-refractivity contribution in [3.63, 3.8) is 0 Å². The van der Waals surface area contributed by atoms with Crippen LogP contribution in [0.3, 0.4) is 0 Å². The molecule has 0 saturated carbocycles. The molecule has 0 saturated heterocycles. The number of nitrogens with one attached hydrogen (secondary N) is 1. The maximum Gasteiger partial charge on any atom is 0.269 e. The first kappa shape index (κ1) is 15.2. The van der Waals surface area contributed by atoms with E-state index < -0.39 is 11.7 Å². The summed E-state index contributed by atoms with van der Waals surface area (Å²) in [5.74, 6) is -1.08. The Morgan fingerprint density at radius 3 is 2.83 bits per heavy atom. The Bertz CT molecular complexity index is 955. The van der Waals surface area contributed by atoms with Crippen LogP contribution in [-0.4, -0.2) is 15.5 Å². The summed E-state index contributed by atoms with van der Waals surface area (Å²) >= 11 is 5.59. The third-order valence-corrected chi connectivity index (χ3v) is 3.56. The first-order chi connectivity index (χ1) is 11.0. The molecule has 0 bridgehead atoms. The van der Waals surface area contributed by atoms with Crippen molar-refractivity contribution in [1.82, 2.24) is 9.55 Å². The normalized spacial score (nSPS) is 10.7. The summed E-state index contributed by atoms with van der Waals surface area (Å²) in [6.45, 7) is -0.202. The Kier molecular flexibility index (Phi) is 4.08. The molecule has 0 aliphatic carbocycles. The maximum atomic E-state index is 13.4. The molecular formula is C16H11ClFN3O2. The highest BCUT2D eigenvalue weighted by molar-refractivity contribution is 6.30. The average molecular weight is 332 g/mol. The van der Waals surface area contributed by atoms with Crippen molar-refractivity contribution in [3.05, 3.63) is 69.9 Å². The number of hydrogen-bond acceptors (Lipinski definition) is 3. The second-order valence-corrected chi connectivity index (χ2v) is 5.26. The molecule has 2 aromatic carbocycles. The van der Waals surface area contributed by atoms with Crippen molar-refractivity contribution in [2.24, 2.45) is 0 Å². The summed E-state index contributed by atoms with van der Waals surface area (Å²) in [6.07, 6.45) is 1.16. The van der Waals surface area contributed by atoms with E-state index in [2.05, 4.69) is 10.3 Å². The van der Waals surface area contributed by atoms with Gasteiger partial charge in [0.05, 0.1) is 22.3 Å². The molecule has 1 N–H and O–H groups in total. The second kappa shape index (κ2) is 6.18. The second-order valence-electron chi connectivity index (χ2n) is 4.85. The van der Waals surface area contributed by atoms with Crippen molar-refractivity contribution in [2.75, 3.05) is 5.32 Å². The standard InChI is InChI=1S/C16H11ClFN3O2/c17-11-6-5-10(7-12(11)18)20-15(22)9-21-14-4-2-1-3-13(14)19-8-16(21)23/h1-8H,9H2,(H,20,22). The molecule has 1 heterocycles. The largest absolute Gasteiger partial charge is 0.324 e. The summed E-state index contributed by atoms with van der Waals surface area (Å²) in [5.41, 5.74) is 1.04. The third kappa shape index (κ3) is 3.22. The number of amides is 1. The van der Waals surface area contributed by atoms with Gasteiger partial charge in [0.1, 0.15) is 12.4 Å². The van der Waals surface area contributed by atoms with E-state index >= 15 is 0 Å². The van der Waals surface area contributed by atoms with Crippen molar-refractivity contribution in [1.29, 1.82) is 0 Å². The van der Waals surface area contributed by atoms with Gasteiger partial charge in [-0.25, -0.2) is 9.37 Å². The van der Waals surface area contributed by atoms with E-state index in [4.69, 9.17) is 11.6 Å². The van der Waals surface area contributed by atoms with Crippen LogP contribution in [0.2, 0.25) is 5.02 Å². The number of nitrogens with zero attached hydrogens (tertiary/aromatic N) is 2. The molecule has 116 valence electrons. The number of carbonyl (C=O) groups is 1. The quantitative estimate of drug-likeness (QED) is 0.802. The fourth-order valence-electron chi connectivity index (χ4n) is 2.20. The fourth-order valence-corrected chi connectivity index (χ4v) is 2.31. The molecule has 23 heavy (non-hydrogen) atoms. The van der Waals surface area contributed by atoms with Gasteiger partial charge in [0.15, 0.2) is 0 Å². The van der Waals surface area contributed by atoms with Crippen LogP contribution in [0.25, 0.3) is 11.0 Å². The number of hydrogen-bond donors (Lipinski definition) is 1. The molecular weight excluding hydrogens is 321 g/mol. The number of carbonyl (C=O) groups excluding carboxylic acids is 1. The summed E-state index contributed by atoms with van der Waals surface area (Å²) in [6, 6.07) is 11.0. The smallest absolute Gasteiger partial charge is 0.269 e. The first-order valence-corrected chi connectivity index (χ1v) is 7.12. The van der Waals surface area contributed by atoms with E-state index in [9.17, 15) is 14.0 Å². The van der Waals surface area contributed by atoms with Crippen LogP contribution in [0.4, 0.5) is 10.1 Å². The Hall–Kier alpha value is -2.73. The van der Waals surface area contributed by atoms with Crippen LogP contribution in [0.15, 0.2) is 53.5 Å². The average Bonchev–Trinajstić information content (AvgIpc) is 2.54. The zero-order chi connectivity index (χ0) is 16.4. The minimum absolute atomic E-state index is 0.0284. The number of benzene rings is 2. The molecule has 3 aromatic rings. The lowest BCUT2D eigenvalue weighted by molar-refractivity contribution is -0.116. The van der Waals surface area contributed by atoms with Gasteiger partial charge in [0, 0.05) is 5.69 Å². The topological polar surface area (TPSA) is 64.0 Å². The summed E-state index contributed by atoms with van der Waals surface area (Å²) in [7, 11) is 0. The highest BCUT2D eigenvalue weighted by Crippen LogP contribution is 2.18. The molecule has 0 radical (unpaired) electrons. The molecule has 7 heteroatoms. The van der Waals surface area contributed by atoms with Gasteiger partial charge in [-0.3, -0.25) is 14.2 Å². The van der Waals surface area contributed by atoms with Gasteiger partial charge in [0.2, 0.25) is 5.91 Å². The van der Waals surface area contributed by atoms with Gasteiger partial charge < -0.3 is 5.32 Å². The zero-order valence-electron chi connectivity index (χ0n) is 11.8. The van der Waals surface area contributed by atoms with E-state index in [1.54, 1.807) is 24.3 Å². The van der Waals surface area contributed by atoms with Crippen LogP contribution in [0.5, 0.6) is 0 Å². The highest BCUT2D eigenvalue weighted by atomic mass is 35.5. The Labute approximate surface area is 135 Å². The van der Waals surface area contributed by atoms with Crippen molar-refractivity contribution < 1.29 is 9.18 Å². The van der Waals surface area contributed by atoms with E-state index in [0.717, 1.165) is 12.3 Å². The highest BCUT2D eigenvalue weighted by Gasteiger charge is 2.10. The van der Waals surface area contributed by atoms with Gasteiger partial charge in [0.25, 0.3) is 5.56 Å².